The number of nitrogens with one attached hydrogen (secondary N) is 1. The van der Waals surface area contributed by atoms with Crippen LogP contribution >= 0.6 is 0 Å². The Labute approximate surface area is 112 Å². The molecule has 100 valence electrons. The third-order valence-electron chi connectivity index (χ3n) is 4.56. The molecule has 1 aromatic rings. The van der Waals surface area contributed by atoms with E-state index < -0.39 is 0 Å². The Kier molecular flexibility index (Phi) is 4.45. The summed E-state index contributed by atoms with van der Waals surface area (Å²) in [5, 5.41) is 3.39. The van der Waals surface area contributed by atoms with Crippen molar-refractivity contribution in [2.24, 2.45) is 11.8 Å². The fourth-order valence-corrected chi connectivity index (χ4v) is 3.49. The molecular weight excluding hydrogens is 218 g/mol. The molecule has 0 spiro atoms. The van der Waals surface area contributed by atoms with E-state index in [2.05, 4.69) is 51.3 Å². The minimum Gasteiger partial charge on any atom is -0.319 e. The summed E-state index contributed by atoms with van der Waals surface area (Å²) >= 11 is 0. The van der Waals surface area contributed by atoms with Crippen LogP contribution in [0.4, 0.5) is 0 Å². The average Bonchev–Trinajstić information content (AvgIpc) is 2.35. The van der Waals surface area contributed by atoms with Crippen LogP contribution in [-0.2, 0) is 0 Å². The summed E-state index contributed by atoms with van der Waals surface area (Å²) in [5.41, 5.74) is 4.47. The molecule has 0 bridgehead atoms. The maximum absolute atomic E-state index is 3.39. The lowest BCUT2D eigenvalue weighted by Gasteiger charge is -2.36. The first-order valence-electron chi connectivity index (χ1n) is 7.33. The van der Waals surface area contributed by atoms with Gasteiger partial charge in [0.2, 0.25) is 0 Å². The highest BCUT2D eigenvalue weighted by atomic mass is 14.8. The molecule has 0 heterocycles. The molecule has 1 fully saturated rings. The Morgan fingerprint density at radius 2 is 2.00 bits per heavy atom. The summed E-state index contributed by atoms with van der Waals surface area (Å²) < 4.78 is 0. The van der Waals surface area contributed by atoms with E-state index in [0.29, 0.717) is 0 Å². The van der Waals surface area contributed by atoms with Crippen molar-refractivity contribution in [1.82, 2.24) is 5.32 Å². The van der Waals surface area contributed by atoms with Crippen LogP contribution in [0.3, 0.4) is 0 Å². The molecule has 1 aliphatic carbocycles. The summed E-state index contributed by atoms with van der Waals surface area (Å²) in [5.74, 6) is 2.44. The Hall–Kier alpha value is -0.820. The van der Waals surface area contributed by atoms with Crippen molar-refractivity contribution in [3.63, 3.8) is 0 Å². The zero-order valence-electron chi connectivity index (χ0n) is 12.3. The number of benzene rings is 1. The summed E-state index contributed by atoms with van der Waals surface area (Å²) in [7, 11) is 2.08. The standard InChI is InChI=1S/C17H27N/c1-12-5-7-14(3)16(9-12)17-10-13(2)6-8-15(17)11-18-4/h5,7,9,13,15,17-18H,6,8,10-11H2,1-4H3. The molecule has 18 heavy (non-hydrogen) atoms. The Morgan fingerprint density at radius 1 is 1.22 bits per heavy atom. The third-order valence-corrected chi connectivity index (χ3v) is 4.56. The van der Waals surface area contributed by atoms with Gasteiger partial charge in [0.05, 0.1) is 0 Å². The Bertz CT molecular complexity index is 397. The van der Waals surface area contributed by atoms with E-state index in [9.17, 15) is 0 Å². The average molecular weight is 245 g/mol. The fraction of sp³-hybridized carbons (Fsp3) is 0.647. The van der Waals surface area contributed by atoms with Crippen LogP contribution in [0, 0.1) is 25.7 Å². The van der Waals surface area contributed by atoms with Gasteiger partial charge in [-0.05, 0) is 69.2 Å². The molecule has 0 aliphatic heterocycles. The first-order chi connectivity index (χ1) is 8.61. The second kappa shape index (κ2) is 5.88. The van der Waals surface area contributed by atoms with Gasteiger partial charge in [-0.25, -0.2) is 0 Å². The smallest absolute Gasteiger partial charge is 0.00177 e. The molecule has 1 saturated carbocycles. The lowest BCUT2D eigenvalue weighted by Crippen LogP contribution is -2.30. The van der Waals surface area contributed by atoms with E-state index in [4.69, 9.17) is 0 Å². The van der Waals surface area contributed by atoms with E-state index in [0.717, 1.165) is 24.3 Å². The van der Waals surface area contributed by atoms with E-state index in [-0.39, 0.29) is 0 Å². The van der Waals surface area contributed by atoms with Crippen molar-refractivity contribution in [3.05, 3.63) is 34.9 Å². The van der Waals surface area contributed by atoms with Gasteiger partial charge in [0.25, 0.3) is 0 Å². The molecule has 1 N–H and O–H groups in total. The van der Waals surface area contributed by atoms with Crippen LogP contribution in [0.1, 0.15) is 48.8 Å². The quantitative estimate of drug-likeness (QED) is 0.847. The van der Waals surface area contributed by atoms with Crippen LogP contribution in [0.5, 0.6) is 0 Å². The van der Waals surface area contributed by atoms with Crippen LogP contribution in [0.2, 0.25) is 0 Å². The second-order valence-electron chi connectivity index (χ2n) is 6.20. The minimum atomic E-state index is 0.751. The van der Waals surface area contributed by atoms with Gasteiger partial charge in [-0.2, -0.15) is 0 Å². The molecule has 0 saturated heterocycles. The van der Waals surface area contributed by atoms with Crippen LogP contribution in [-0.4, -0.2) is 13.6 Å². The monoisotopic (exact) mass is 245 g/mol. The Morgan fingerprint density at radius 3 is 2.72 bits per heavy atom. The summed E-state index contributed by atoms with van der Waals surface area (Å²) in [4.78, 5) is 0. The minimum absolute atomic E-state index is 0.751. The fourth-order valence-electron chi connectivity index (χ4n) is 3.49. The number of hydrogen-bond acceptors (Lipinski definition) is 1. The number of rotatable bonds is 3. The van der Waals surface area contributed by atoms with E-state index >= 15 is 0 Å². The van der Waals surface area contributed by atoms with Crippen molar-refractivity contribution in [1.29, 1.82) is 0 Å². The van der Waals surface area contributed by atoms with Gasteiger partial charge in [-0.1, -0.05) is 37.1 Å². The zero-order chi connectivity index (χ0) is 13.1. The maximum atomic E-state index is 3.39. The highest BCUT2D eigenvalue weighted by molar-refractivity contribution is 5.34. The van der Waals surface area contributed by atoms with Crippen molar-refractivity contribution >= 4 is 0 Å². The van der Waals surface area contributed by atoms with Crippen molar-refractivity contribution < 1.29 is 0 Å². The van der Waals surface area contributed by atoms with Gasteiger partial charge in [0.15, 0.2) is 0 Å². The predicted octanol–water partition coefficient (Wildman–Crippen LogP) is 4.04. The van der Waals surface area contributed by atoms with Gasteiger partial charge in [-0.15, -0.1) is 0 Å². The predicted molar refractivity (Wildman–Crippen MR) is 79.1 cm³/mol. The molecule has 3 atom stereocenters. The summed E-state index contributed by atoms with van der Waals surface area (Å²) in [6.07, 6.45) is 4.13. The number of hydrogen-bond donors (Lipinski definition) is 1. The maximum Gasteiger partial charge on any atom is -0.00177 e. The van der Waals surface area contributed by atoms with Gasteiger partial charge in [0, 0.05) is 0 Å². The van der Waals surface area contributed by atoms with Crippen LogP contribution < -0.4 is 5.32 Å². The molecular formula is C17H27N. The highest BCUT2D eigenvalue weighted by Crippen LogP contribution is 2.41. The van der Waals surface area contributed by atoms with E-state index in [1.165, 1.54) is 30.4 Å². The van der Waals surface area contributed by atoms with Gasteiger partial charge in [-0.3, -0.25) is 0 Å². The molecule has 1 heteroatoms. The van der Waals surface area contributed by atoms with Gasteiger partial charge in [0.1, 0.15) is 0 Å². The molecule has 0 radical (unpaired) electrons. The van der Waals surface area contributed by atoms with Gasteiger partial charge >= 0.3 is 0 Å². The Balaban J connectivity index is 2.28. The molecule has 1 aromatic carbocycles. The lowest BCUT2D eigenvalue weighted by molar-refractivity contribution is 0.244. The molecule has 1 nitrogen and oxygen atoms in total. The third kappa shape index (κ3) is 2.95. The molecule has 3 unspecified atom stereocenters. The van der Waals surface area contributed by atoms with Crippen LogP contribution in [0.15, 0.2) is 18.2 Å². The topological polar surface area (TPSA) is 12.0 Å². The second-order valence-corrected chi connectivity index (χ2v) is 6.20. The normalized spacial score (nSPS) is 28.3. The SMILES string of the molecule is CNCC1CCC(C)CC1c1cc(C)ccc1C. The summed E-state index contributed by atoms with van der Waals surface area (Å²) in [6.45, 7) is 8.05. The van der Waals surface area contributed by atoms with E-state index in [1.807, 2.05) is 0 Å². The summed E-state index contributed by atoms with van der Waals surface area (Å²) in [6, 6.07) is 6.94. The molecule has 0 amide bonds. The van der Waals surface area contributed by atoms with Crippen molar-refractivity contribution in [3.8, 4) is 0 Å². The largest absolute Gasteiger partial charge is 0.319 e. The van der Waals surface area contributed by atoms with Crippen LogP contribution in [0.25, 0.3) is 0 Å². The molecule has 2 rings (SSSR count). The van der Waals surface area contributed by atoms with Crippen molar-refractivity contribution in [2.75, 3.05) is 13.6 Å². The van der Waals surface area contributed by atoms with Crippen molar-refractivity contribution in [2.45, 2.75) is 46.0 Å². The molecule has 0 aromatic heterocycles. The lowest BCUT2D eigenvalue weighted by atomic mass is 9.70. The van der Waals surface area contributed by atoms with Gasteiger partial charge < -0.3 is 5.32 Å². The zero-order valence-corrected chi connectivity index (χ0v) is 12.3. The molecule has 1 aliphatic rings. The first kappa shape index (κ1) is 13.6. The van der Waals surface area contributed by atoms with E-state index in [1.54, 1.807) is 5.56 Å². The number of aryl methyl sites for hydroxylation is 2. The first-order valence-corrected chi connectivity index (χ1v) is 7.33. The highest BCUT2D eigenvalue weighted by Gasteiger charge is 2.30.